The number of hydrogen-bond donors (Lipinski definition) is 0. The fraction of sp³-hybridized carbons (Fsp3) is 0.692. The number of methoxy groups -OCH3 is 1. The Morgan fingerprint density at radius 1 is 1.41 bits per heavy atom. The maximum absolute atomic E-state index is 6.05. The van der Waals surface area contributed by atoms with Gasteiger partial charge in [0.25, 0.3) is 0 Å². The molecule has 0 radical (unpaired) electrons. The maximum Gasteiger partial charge on any atom is 0.159 e. The summed E-state index contributed by atoms with van der Waals surface area (Å²) in [5.41, 5.74) is 1.01. The molecule has 17 heavy (non-hydrogen) atoms. The predicted octanol–water partition coefficient (Wildman–Crippen LogP) is 3.43. The zero-order valence-corrected chi connectivity index (χ0v) is 11.4. The molecule has 1 aromatic heterocycles. The molecule has 0 N–H and O–H groups in total. The fourth-order valence-electron chi connectivity index (χ4n) is 2.04. The summed E-state index contributed by atoms with van der Waals surface area (Å²) >= 11 is 6.05. The van der Waals surface area contributed by atoms with E-state index in [4.69, 9.17) is 16.3 Å². The van der Waals surface area contributed by atoms with Crippen LogP contribution in [-0.2, 0) is 11.2 Å². The highest BCUT2D eigenvalue weighted by atomic mass is 35.5. The van der Waals surface area contributed by atoms with Crippen LogP contribution in [0.3, 0.4) is 0 Å². The summed E-state index contributed by atoms with van der Waals surface area (Å²) in [6.07, 6.45) is 3.35. The average Bonchev–Trinajstić information content (AvgIpc) is 3.01. The molecule has 1 aromatic rings. The van der Waals surface area contributed by atoms with Gasteiger partial charge in [0.2, 0.25) is 0 Å². The largest absolute Gasteiger partial charge is 0.373 e. The minimum absolute atomic E-state index is 0.0135. The first kappa shape index (κ1) is 12.8. The molecule has 1 unspecified atom stereocenters. The van der Waals surface area contributed by atoms with Crippen molar-refractivity contribution in [2.45, 2.75) is 39.2 Å². The van der Waals surface area contributed by atoms with Crippen molar-refractivity contribution in [1.29, 1.82) is 0 Å². The fourth-order valence-corrected chi connectivity index (χ4v) is 2.25. The summed E-state index contributed by atoms with van der Waals surface area (Å²) in [5.74, 6) is 1.89. The number of halogens is 1. The molecule has 2 rings (SSSR count). The molecule has 1 fully saturated rings. The second kappa shape index (κ2) is 5.32. The van der Waals surface area contributed by atoms with Gasteiger partial charge < -0.3 is 4.74 Å². The van der Waals surface area contributed by atoms with E-state index in [1.54, 1.807) is 7.11 Å². The third kappa shape index (κ3) is 3.39. The van der Waals surface area contributed by atoms with E-state index < -0.39 is 0 Å². The lowest BCUT2D eigenvalue weighted by Gasteiger charge is -2.14. The van der Waals surface area contributed by atoms with Gasteiger partial charge in [-0.25, -0.2) is 9.97 Å². The van der Waals surface area contributed by atoms with Crippen molar-refractivity contribution in [3.05, 3.63) is 22.7 Å². The highest BCUT2D eigenvalue weighted by molar-refractivity contribution is 6.29. The normalized spacial score (nSPS) is 17.5. The van der Waals surface area contributed by atoms with Gasteiger partial charge in [0.1, 0.15) is 11.3 Å². The molecule has 1 atom stereocenters. The van der Waals surface area contributed by atoms with E-state index in [2.05, 4.69) is 23.8 Å². The Morgan fingerprint density at radius 2 is 2.12 bits per heavy atom. The summed E-state index contributed by atoms with van der Waals surface area (Å²) in [7, 11) is 1.72. The SMILES string of the molecule is COC(c1nc(Cl)cc(CC(C)C)n1)C1CC1. The lowest BCUT2D eigenvalue weighted by atomic mass is 10.1. The predicted molar refractivity (Wildman–Crippen MR) is 68.1 cm³/mol. The molecule has 0 spiro atoms. The third-order valence-corrected chi connectivity index (χ3v) is 3.13. The molecular weight excluding hydrogens is 236 g/mol. The minimum atomic E-state index is 0.0135. The Bertz CT molecular complexity index is 391. The lowest BCUT2D eigenvalue weighted by molar-refractivity contribution is 0.0770. The van der Waals surface area contributed by atoms with E-state index in [1.165, 1.54) is 12.8 Å². The first-order valence-corrected chi connectivity index (χ1v) is 6.54. The highest BCUT2D eigenvalue weighted by Gasteiger charge is 2.34. The molecule has 1 aliphatic rings. The van der Waals surface area contributed by atoms with Gasteiger partial charge in [-0.15, -0.1) is 0 Å². The Hall–Kier alpha value is -0.670. The molecule has 4 heteroatoms. The van der Waals surface area contributed by atoms with Gasteiger partial charge in [0.05, 0.1) is 0 Å². The van der Waals surface area contributed by atoms with Gasteiger partial charge in [-0.3, -0.25) is 0 Å². The van der Waals surface area contributed by atoms with E-state index in [0.717, 1.165) is 17.9 Å². The Kier molecular flexibility index (Phi) is 4.00. The van der Waals surface area contributed by atoms with Crippen molar-refractivity contribution in [3.63, 3.8) is 0 Å². The second-order valence-electron chi connectivity index (χ2n) is 5.13. The molecule has 1 aliphatic carbocycles. The highest BCUT2D eigenvalue weighted by Crippen LogP contribution is 2.42. The number of nitrogens with zero attached hydrogens (tertiary/aromatic N) is 2. The molecule has 3 nitrogen and oxygen atoms in total. The number of rotatable bonds is 5. The summed E-state index contributed by atoms with van der Waals surface area (Å²) < 4.78 is 5.49. The zero-order chi connectivity index (χ0) is 12.4. The minimum Gasteiger partial charge on any atom is -0.373 e. The molecular formula is C13H19ClN2O. The first-order chi connectivity index (χ1) is 8.10. The molecule has 1 saturated carbocycles. The number of hydrogen-bond acceptors (Lipinski definition) is 3. The van der Waals surface area contributed by atoms with Crippen molar-refractivity contribution < 1.29 is 4.74 Å². The maximum atomic E-state index is 6.05. The summed E-state index contributed by atoms with van der Waals surface area (Å²) in [6.45, 7) is 4.34. The van der Waals surface area contributed by atoms with E-state index in [-0.39, 0.29) is 6.10 Å². The number of aromatic nitrogens is 2. The van der Waals surface area contributed by atoms with Crippen LogP contribution in [0.1, 0.15) is 44.3 Å². The van der Waals surface area contributed by atoms with Crippen molar-refractivity contribution in [2.24, 2.45) is 11.8 Å². The molecule has 0 bridgehead atoms. The average molecular weight is 255 g/mol. The van der Waals surface area contributed by atoms with Crippen molar-refractivity contribution in [1.82, 2.24) is 9.97 Å². The van der Waals surface area contributed by atoms with Crippen LogP contribution in [-0.4, -0.2) is 17.1 Å². The molecule has 0 saturated heterocycles. The van der Waals surface area contributed by atoms with Gasteiger partial charge in [0.15, 0.2) is 5.82 Å². The van der Waals surface area contributed by atoms with Gasteiger partial charge in [-0.1, -0.05) is 25.4 Å². The van der Waals surface area contributed by atoms with Crippen LogP contribution in [0.2, 0.25) is 5.15 Å². The van der Waals surface area contributed by atoms with Gasteiger partial charge in [-0.2, -0.15) is 0 Å². The summed E-state index contributed by atoms with van der Waals surface area (Å²) in [6, 6.07) is 1.85. The Morgan fingerprint density at radius 3 is 2.65 bits per heavy atom. The summed E-state index contributed by atoms with van der Waals surface area (Å²) in [4.78, 5) is 8.89. The zero-order valence-electron chi connectivity index (χ0n) is 10.6. The van der Waals surface area contributed by atoms with E-state index in [9.17, 15) is 0 Å². The standard InChI is InChI=1S/C13H19ClN2O/c1-8(2)6-10-7-11(14)16-13(15-10)12(17-3)9-4-5-9/h7-9,12H,4-6H2,1-3H3. The quantitative estimate of drug-likeness (QED) is 0.755. The molecule has 0 amide bonds. The van der Waals surface area contributed by atoms with Crippen LogP contribution in [0, 0.1) is 11.8 Å². The van der Waals surface area contributed by atoms with E-state index in [1.807, 2.05) is 6.07 Å². The topological polar surface area (TPSA) is 35.0 Å². The summed E-state index contributed by atoms with van der Waals surface area (Å²) in [5, 5.41) is 0.522. The first-order valence-electron chi connectivity index (χ1n) is 6.16. The Labute approximate surface area is 108 Å². The Balaban J connectivity index is 2.23. The molecule has 1 heterocycles. The van der Waals surface area contributed by atoms with Crippen LogP contribution >= 0.6 is 11.6 Å². The lowest BCUT2D eigenvalue weighted by Crippen LogP contribution is -2.11. The molecule has 0 aliphatic heterocycles. The molecule has 94 valence electrons. The van der Waals surface area contributed by atoms with Gasteiger partial charge >= 0.3 is 0 Å². The van der Waals surface area contributed by atoms with Crippen LogP contribution in [0.25, 0.3) is 0 Å². The van der Waals surface area contributed by atoms with Crippen molar-refractivity contribution in [2.75, 3.05) is 7.11 Å². The van der Waals surface area contributed by atoms with Crippen molar-refractivity contribution in [3.8, 4) is 0 Å². The van der Waals surface area contributed by atoms with E-state index >= 15 is 0 Å². The smallest absolute Gasteiger partial charge is 0.159 e. The van der Waals surface area contributed by atoms with Crippen LogP contribution in [0.5, 0.6) is 0 Å². The van der Waals surface area contributed by atoms with Gasteiger partial charge in [0, 0.05) is 12.8 Å². The van der Waals surface area contributed by atoms with Crippen LogP contribution in [0.4, 0.5) is 0 Å². The number of ether oxygens (including phenoxy) is 1. The molecule has 0 aromatic carbocycles. The monoisotopic (exact) mass is 254 g/mol. The second-order valence-corrected chi connectivity index (χ2v) is 5.52. The van der Waals surface area contributed by atoms with Crippen LogP contribution < -0.4 is 0 Å². The van der Waals surface area contributed by atoms with E-state index in [0.29, 0.717) is 17.0 Å². The van der Waals surface area contributed by atoms with Crippen LogP contribution in [0.15, 0.2) is 6.07 Å². The third-order valence-electron chi connectivity index (χ3n) is 2.94. The van der Waals surface area contributed by atoms with Gasteiger partial charge in [-0.05, 0) is 37.2 Å². The van der Waals surface area contributed by atoms with Crippen molar-refractivity contribution >= 4 is 11.6 Å².